The van der Waals surface area contributed by atoms with E-state index < -0.39 is 39.0 Å². The van der Waals surface area contributed by atoms with Gasteiger partial charge in [-0.05, 0) is 12.1 Å². The summed E-state index contributed by atoms with van der Waals surface area (Å²) in [4.78, 5) is 56.5. The molecule has 0 atom stereocenters. The molecule has 3 rings (SSSR count). The number of hydrogen-bond donors (Lipinski definition) is 1. The number of thioether (sulfide) groups is 1. The third kappa shape index (κ3) is 4.77. The fraction of sp³-hybridized carbons (Fsp3) is 0.350. The Morgan fingerprint density at radius 3 is 2.48 bits per heavy atom. The van der Waals surface area contributed by atoms with Crippen LogP contribution in [0.1, 0.15) is 26.6 Å². The van der Waals surface area contributed by atoms with Gasteiger partial charge in [0.05, 0.1) is 10.7 Å². The van der Waals surface area contributed by atoms with Gasteiger partial charge in [0.25, 0.3) is 5.56 Å². The number of fused-ring (bicyclic) bond motifs is 1. The van der Waals surface area contributed by atoms with Gasteiger partial charge in [-0.1, -0.05) is 32.5 Å². The first-order valence-electron chi connectivity index (χ1n) is 9.66. The number of halogens is 1. The van der Waals surface area contributed by atoms with Crippen LogP contribution in [0, 0.1) is 15.9 Å². The number of hydrogen-bond acceptors (Lipinski definition) is 8. The molecule has 0 bridgehead atoms. The molecule has 174 valence electrons. The Hall–Kier alpha value is -3.61. The molecule has 1 aromatic carbocycles. The Kier molecular flexibility index (Phi) is 6.36. The first kappa shape index (κ1) is 24.0. The van der Waals surface area contributed by atoms with E-state index in [1.54, 1.807) is 0 Å². The zero-order chi connectivity index (χ0) is 24.7. The number of nitrogens with zero attached hydrogens (tertiary/aromatic N) is 5. The quantitative estimate of drug-likeness (QED) is 0.255. The van der Waals surface area contributed by atoms with Crippen LogP contribution < -0.4 is 16.6 Å². The summed E-state index contributed by atoms with van der Waals surface area (Å²) in [5.41, 5.74) is -2.20. The molecular weight excluding hydrogens is 455 g/mol. The highest BCUT2D eigenvalue weighted by Crippen LogP contribution is 2.27. The highest BCUT2D eigenvalue weighted by molar-refractivity contribution is 8.00. The summed E-state index contributed by atoms with van der Waals surface area (Å²) in [6, 6.07) is 3.01. The van der Waals surface area contributed by atoms with Crippen molar-refractivity contribution >= 4 is 40.1 Å². The lowest BCUT2D eigenvalue weighted by molar-refractivity contribution is -0.387. The summed E-state index contributed by atoms with van der Waals surface area (Å²) in [6.07, 6.45) is 0. The lowest BCUT2D eigenvalue weighted by Crippen LogP contribution is -2.38. The fourth-order valence-corrected chi connectivity index (χ4v) is 3.74. The van der Waals surface area contributed by atoms with Gasteiger partial charge in [0, 0.05) is 31.3 Å². The van der Waals surface area contributed by atoms with Gasteiger partial charge in [0.2, 0.25) is 11.7 Å². The lowest BCUT2D eigenvalue weighted by atomic mass is 9.96. The number of aromatic nitrogens is 4. The summed E-state index contributed by atoms with van der Waals surface area (Å²) >= 11 is 0.959. The standard InChI is InChI=1S/C20H21FN6O5S/c1-20(2,3)18-23-15-14(17(29)26(5)19(30)25(15)4)16(24-18)33-9-13(28)22-10-6-7-11(21)12(8-10)27(31)32/h6-8H,9H2,1-5H3,(H,22,28). The number of carbonyl (C=O) groups excluding carboxylic acids is 1. The maximum absolute atomic E-state index is 13.5. The predicted molar refractivity (Wildman–Crippen MR) is 121 cm³/mol. The number of rotatable bonds is 5. The van der Waals surface area contributed by atoms with Gasteiger partial charge in [-0.25, -0.2) is 14.8 Å². The van der Waals surface area contributed by atoms with E-state index >= 15 is 0 Å². The lowest BCUT2D eigenvalue weighted by Gasteiger charge is -2.19. The molecule has 2 aromatic heterocycles. The van der Waals surface area contributed by atoms with Gasteiger partial charge in [-0.15, -0.1) is 0 Å². The minimum absolute atomic E-state index is 0.0509. The van der Waals surface area contributed by atoms with Crippen molar-refractivity contribution in [3.8, 4) is 0 Å². The molecule has 0 unspecified atom stereocenters. The minimum atomic E-state index is -1.02. The maximum atomic E-state index is 13.5. The number of carbonyl (C=O) groups is 1. The maximum Gasteiger partial charge on any atom is 0.332 e. The molecule has 1 N–H and O–H groups in total. The van der Waals surface area contributed by atoms with Crippen molar-refractivity contribution in [2.75, 3.05) is 11.1 Å². The third-order valence-corrected chi connectivity index (χ3v) is 5.68. The van der Waals surface area contributed by atoms with Crippen LogP contribution in [0.2, 0.25) is 0 Å². The Bertz CT molecular complexity index is 1410. The average Bonchev–Trinajstić information content (AvgIpc) is 2.74. The van der Waals surface area contributed by atoms with E-state index in [1.165, 1.54) is 24.7 Å². The molecule has 11 nitrogen and oxygen atoms in total. The first-order chi connectivity index (χ1) is 15.3. The second-order valence-electron chi connectivity index (χ2n) is 8.27. The molecule has 0 saturated heterocycles. The van der Waals surface area contributed by atoms with Crippen LogP contribution in [-0.2, 0) is 24.3 Å². The number of benzene rings is 1. The summed E-state index contributed by atoms with van der Waals surface area (Å²) < 4.78 is 15.7. The smallest absolute Gasteiger partial charge is 0.325 e. The van der Waals surface area contributed by atoms with Crippen molar-refractivity contribution in [1.82, 2.24) is 19.1 Å². The topological polar surface area (TPSA) is 142 Å². The number of nitro benzene ring substituents is 1. The van der Waals surface area contributed by atoms with Crippen molar-refractivity contribution < 1.29 is 14.1 Å². The molecule has 0 aliphatic carbocycles. The van der Waals surface area contributed by atoms with E-state index in [0.29, 0.717) is 5.82 Å². The van der Waals surface area contributed by atoms with Crippen molar-refractivity contribution in [2.45, 2.75) is 31.2 Å². The van der Waals surface area contributed by atoms with Crippen LogP contribution in [0.15, 0.2) is 32.8 Å². The molecule has 0 aliphatic rings. The van der Waals surface area contributed by atoms with Crippen molar-refractivity contribution in [1.29, 1.82) is 0 Å². The second-order valence-corrected chi connectivity index (χ2v) is 9.23. The van der Waals surface area contributed by atoms with E-state index in [-0.39, 0.29) is 27.5 Å². The molecule has 13 heteroatoms. The van der Waals surface area contributed by atoms with Gasteiger partial charge < -0.3 is 5.32 Å². The molecule has 2 heterocycles. The zero-order valence-electron chi connectivity index (χ0n) is 18.5. The largest absolute Gasteiger partial charge is 0.332 e. The Labute approximate surface area is 190 Å². The predicted octanol–water partition coefficient (Wildman–Crippen LogP) is 2.10. The van der Waals surface area contributed by atoms with E-state index in [4.69, 9.17) is 0 Å². The second kappa shape index (κ2) is 8.73. The number of nitrogens with one attached hydrogen (secondary N) is 1. The van der Waals surface area contributed by atoms with Gasteiger partial charge in [0.15, 0.2) is 5.65 Å². The Balaban J connectivity index is 1.98. The van der Waals surface area contributed by atoms with Crippen LogP contribution in [0.3, 0.4) is 0 Å². The number of anilines is 1. The van der Waals surface area contributed by atoms with E-state index in [9.17, 15) is 28.9 Å². The van der Waals surface area contributed by atoms with Crippen LogP contribution >= 0.6 is 11.8 Å². The SMILES string of the molecule is Cn1c(=O)c2c(SCC(=O)Nc3ccc(F)c([N+](=O)[O-])c3)nc(C(C)(C)C)nc2n(C)c1=O. The molecule has 0 radical (unpaired) electrons. The molecular formula is C20H21FN6O5S. The summed E-state index contributed by atoms with van der Waals surface area (Å²) in [7, 11) is 2.83. The molecule has 0 spiro atoms. The summed E-state index contributed by atoms with van der Waals surface area (Å²) in [5.74, 6) is -1.38. The van der Waals surface area contributed by atoms with Gasteiger partial charge in [-0.2, -0.15) is 4.39 Å². The fourth-order valence-electron chi connectivity index (χ4n) is 2.93. The van der Waals surface area contributed by atoms with Gasteiger partial charge in [-0.3, -0.25) is 28.8 Å². The normalized spacial score (nSPS) is 11.6. The number of amides is 1. The van der Waals surface area contributed by atoms with Crippen LogP contribution in [0.5, 0.6) is 0 Å². The summed E-state index contributed by atoms with van der Waals surface area (Å²) in [6.45, 7) is 5.61. The average molecular weight is 476 g/mol. The zero-order valence-corrected chi connectivity index (χ0v) is 19.3. The van der Waals surface area contributed by atoms with Crippen LogP contribution in [0.25, 0.3) is 11.0 Å². The van der Waals surface area contributed by atoms with Gasteiger partial charge >= 0.3 is 11.4 Å². The minimum Gasteiger partial charge on any atom is -0.325 e. The molecule has 1 amide bonds. The highest BCUT2D eigenvalue weighted by atomic mass is 32.2. The molecule has 0 saturated carbocycles. The van der Waals surface area contributed by atoms with Crippen molar-refractivity contribution in [2.24, 2.45) is 14.1 Å². The molecule has 0 fully saturated rings. The number of aryl methyl sites for hydroxylation is 1. The van der Waals surface area contributed by atoms with Crippen LogP contribution in [0.4, 0.5) is 15.8 Å². The third-order valence-electron chi connectivity index (χ3n) is 4.70. The van der Waals surface area contributed by atoms with E-state index in [1.807, 2.05) is 20.8 Å². The summed E-state index contributed by atoms with van der Waals surface area (Å²) in [5, 5.41) is 13.7. The monoisotopic (exact) mass is 476 g/mol. The molecule has 33 heavy (non-hydrogen) atoms. The van der Waals surface area contributed by atoms with Crippen molar-refractivity contribution in [3.63, 3.8) is 0 Å². The Morgan fingerprint density at radius 2 is 1.88 bits per heavy atom. The van der Waals surface area contributed by atoms with E-state index in [0.717, 1.165) is 28.5 Å². The first-order valence-corrected chi connectivity index (χ1v) is 10.6. The van der Waals surface area contributed by atoms with Gasteiger partial charge in [0.1, 0.15) is 16.2 Å². The Morgan fingerprint density at radius 1 is 1.21 bits per heavy atom. The number of nitro groups is 1. The van der Waals surface area contributed by atoms with Crippen molar-refractivity contribution in [3.05, 3.63) is 60.8 Å². The molecule has 0 aliphatic heterocycles. The highest BCUT2D eigenvalue weighted by Gasteiger charge is 2.24. The van der Waals surface area contributed by atoms with E-state index in [2.05, 4.69) is 15.3 Å². The molecule has 3 aromatic rings. The van der Waals surface area contributed by atoms with Crippen LogP contribution in [-0.4, -0.2) is 35.7 Å².